The largest absolute Gasteiger partial charge is 0.467 e. The van der Waals surface area contributed by atoms with Crippen LogP contribution < -0.4 is 4.74 Å². The first-order chi connectivity index (χ1) is 12.4. The summed E-state index contributed by atoms with van der Waals surface area (Å²) in [5.41, 5.74) is 0.941. The average Bonchev–Trinajstić information content (AvgIpc) is 3.16. The topological polar surface area (TPSA) is 73.7 Å². The maximum Gasteiger partial charge on any atom is 0.328 e. The SMILES string of the molecule is COC(=O)C(CC(C)C)N1CC(Oc2cccc3c2cnn3C)=CC1=O. The Kier molecular flexibility index (Phi) is 4.97. The highest BCUT2D eigenvalue weighted by Gasteiger charge is 2.35. The number of esters is 1. The van der Waals surface area contributed by atoms with Crippen molar-refractivity contribution in [3.05, 3.63) is 36.2 Å². The van der Waals surface area contributed by atoms with Crippen molar-refractivity contribution in [3.8, 4) is 5.75 Å². The lowest BCUT2D eigenvalue weighted by molar-refractivity contribution is -0.151. The molecule has 1 unspecified atom stereocenters. The zero-order chi connectivity index (χ0) is 18.8. The Morgan fingerprint density at radius 1 is 1.35 bits per heavy atom. The molecule has 1 aliphatic rings. The monoisotopic (exact) mass is 357 g/mol. The Bertz CT molecular complexity index is 869. The van der Waals surface area contributed by atoms with E-state index in [1.54, 1.807) is 10.9 Å². The van der Waals surface area contributed by atoms with Gasteiger partial charge in [0.2, 0.25) is 0 Å². The van der Waals surface area contributed by atoms with Crippen LogP contribution in [-0.2, 0) is 21.4 Å². The van der Waals surface area contributed by atoms with E-state index in [1.165, 1.54) is 18.1 Å². The van der Waals surface area contributed by atoms with Crippen LogP contribution in [0.4, 0.5) is 0 Å². The number of hydrogen-bond donors (Lipinski definition) is 0. The minimum Gasteiger partial charge on any atom is -0.467 e. The van der Waals surface area contributed by atoms with Crippen LogP contribution in [0.1, 0.15) is 20.3 Å². The number of ether oxygens (including phenoxy) is 2. The molecule has 26 heavy (non-hydrogen) atoms. The molecule has 0 saturated carbocycles. The van der Waals surface area contributed by atoms with Gasteiger partial charge in [-0.1, -0.05) is 19.9 Å². The van der Waals surface area contributed by atoms with Crippen molar-refractivity contribution in [3.63, 3.8) is 0 Å². The summed E-state index contributed by atoms with van der Waals surface area (Å²) in [6.45, 7) is 4.25. The lowest BCUT2D eigenvalue weighted by atomic mass is 10.0. The van der Waals surface area contributed by atoms with E-state index in [0.717, 1.165) is 10.9 Å². The molecule has 1 aromatic heterocycles. The summed E-state index contributed by atoms with van der Waals surface area (Å²) in [6.07, 6.45) is 3.71. The van der Waals surface area contributed by atoms with Crippen LogP contribution in [0.2, 0.25) is 0 Å². The predicted octanol–water partition coefficient (Wildman–Crippen LogP) is 2.27. The van der Waals surface area contributed by atoms with Crippen molar-refractivity contribution in [2.45, 2.75) is 26.3 Å². The van der Waals surface area contributed by atoms with Gasteiger partial charge in [-0.15, -0.1) is 0 Å². The van der Waals surface area contributed by atoms with Gasteiger partial charge in [0, 0.05) is 13.1 Å². The molecule has 7 heteroatoms. The van der Waals surface area contributed by atoms with Gasteiger partial charge >= 0.3 is 5.97 Å². The number of fused-ring (bicyclic) bond motifs is 1. The molecule has 7 nitrogen and oxygen atoms in total. The maximum absolute atomic E-state index is 12.4. The zero-order valence-electron chi connectivity index (χ0n) is 15.4. The molecule has 0 saturated heterocycles. The first-order valence-electron chi connectivity index (χ1n) is 8.58. The van der Waals surface area contributed by atoms with E-state index in [1.807, 2.05) is 39.1 Å². The number of carbonyl (C=O) groups is 2. The molecule has 1 aromatic carbocycles. The van der Waals surface area contributed by atoms with E-state index < -0.39 is 12.0 Å². The van der Waals surface area contributed by atoms with Gasteiger partial charge in [0.1, 0.15) is 17.6 Å². The molecule has 1 amide bonds. The summed E-state index contributed by atoms with van der Waals surface area (Å²) in [6, 6.07) is 5.05. The third-order valence-corrected chi connectivity index (χ3v) is 4.43. The molecular formula is C19H23N3O4. The van der Waals surface area contributed by atoms with E-state index in [-0.39, 0.29) is 18.4 Å². The van der Waals surface area contributed by atoms with Crippen LogP contribution in [0.3, 0.4) is 0 Å². The predicted molar refractivity (Wildman–Crippen MR) is 96.4 cm³/mol. The second kappa shape index (κ2) is 7.19. The summed E-state index contributed by atoms with van der Waals surface area (Å²) in [5, 5.41) is 5.10. The molecule has 1 aliphatic heterocycles. The fourth-order valence-corrected chi connectivity index (χ4v) is 3.15. The van der Waals surface area contributed by atoms with Crippen LogP contribution in [-0.4, -0.2) is 46.3 Å². The highest BCUT2D eigenvalue weighted by Crippen LogP contribution is 2.28. The molecule has 0 spiro atoms. The second-order valence-corrected chi connectivity index (χ2v) is 6.80. The molecule has 138 valence electrons. The number of rotatable bonds is 6. The quantitative estimate of drug-likeness (QED) is 0.742. The van der Waals surface area contributed by atoms with Gasteiger partial charge < -0.3 is 14.4 Å². The number of aromatic nitrogens is 2. The van der Waals surface area contributed by atoms with Crippen molar-refractivity contribution in [2.24, 2.45) is 13.0 Å². The van der Waals surface area contributed by atoms with Crippen LogP contribution in [0.25, 0.3) is 10.9 Å². The number of nitrogens with zero attached hydrogens (tertiary/aromatic N) is 3. The van der Waals surface area contributed by atoms with Gasteiger partial charge in [0.15, 0.2) is 0 Å². The number of methoxy groups -OCH3 is 1. The number of carbonyl (C=O) groups excluding carboxylic acids is 2. The van der Waals surface area contributed by atoms with Crippen LogP contribution in [0.15, 0.2) is 36.2 Å². The Morgan fingerprint density at radius 2 is 2.12 bits per heavy atom. The standard InChI is InChI=1S/C19H23N3O4/c1-12(2)8-16(19(24)25-4)22-11-13(9-18(22)23)26-17-7-5-6-15-14(17)10-20-21(15)3/h5-7,9-10,12,16H,8,11H2,1-4H3. The Balaban J connectivity index is 1.80. The van der Waals surface area contributed by atoms with E-state index >= 15 is 0 Å². The van der Waals surface area contributed by atoms with Gasteiger partial charge in [0.05, 0.1) is 30.8 Å². The third kappa shape index (κ3) is 3.42. The molecule has 2 heterocycles. The van der Waals surface area contributed by atoms with Crippen molar-refractivity contribution in [1.82, 2.24) is 14.7 Å². The average molecular weight is 357 g/mol. The van der Waals surface area contributed by atoms with Gasteiger partial charge in [-0.25, -0.2) is 4.79 Å². The second-order valence-electron chi connectivity index (χ2n) is 6.80. The summed E-state index contributed by atoms with van der Waals surface area (Å²) in [7, 11) is 3.20. The highest BCUT2D eigenvalue weighted by atomic mass is 16.5. The van der Waals surface area contributed by atoms with Crippen molar-refractivity contribution >= 4 is 22.8 Å². The van der Waals surface area contributed by atoms with Gasteiger partial charge in [-0.05, 0) is 24.5 Å². The van der Waals surface area contributed by atoms with E-state index in [4.69, 9.17) is 9.47 Å². The fourth-order valence-electron chi connectivity index (χ4n) is 3.15. The van der Waals surface area contributed by atoms with Crippen molar-refractivity contribution < 1.29 is 19.1 Å². The minimum atomic E-state index is -0.612. The molecule has 0 radical (unpaired) electrons. The first kappa shape index (κ1) is 18.0. The zero-order valence-corrected chi connectivity index (χ0v) is 15.4. The highest BCUT2D eigenvalue weighted by molar-refractivity contribution is 5.94. The normalized spacial score (nSPS) is 15.5. The van der Waals surface area contributed by atoms with E-state index in [0.29, 0.717) is 17.9 Å². The maximum atomic E-state index is 12.4. The summed E-state index contributed by atoms with van der Waals surface area (Å²) in [5.74, 6) is 0.741. The van der Waals surface area contributed by atoms with Crippen LogP contribution >= 0.6 is 0 Å². The first-order valence-corrected chi connectivity index (χ1v) is 8.58. The Labute approximate surface area is 152 Å². The Morgan fingerprint density at radius 3 is 2.81 bits per heavy atom. The summed E-state index contributed by atoms with van der Waals surface area (Å²) >= 11 is 0. The molecular weight excluding hydrogens is 334 g/mol. The van der Waals surface area contributed by atoms with E-state index in [9.17, 15) is 9.59 Å². The molecule has 0 bridgehead atoms. The van der Waals surface area contributed by atoms with Crippen molar-refractivity contribution in [2.75, 3.05) is 13.7 Å². The third-order valence-electron chi connectivity index (χ3n) is 4.43. The fraction of sp³-hybridized carbons (Fsp3) is 0.421. The van der Waals surface area contributed by atoms with Gasteiger partial charge in [0.25, 0.3) is 5.91 Å². The number of aryl methyl sites for hydroxylation is 1. The molecule has 1 atom stereocenters. The van der Waals surface area contributed by atoms with Gasteiger partial charge in [-0.3, -0.25) is 9.48 Å². The number of benzene rings is 1. The molecule has 2 aromatic rings. The molecule has 3 rings (SSSR count). The lowest BCUT2D eigenvalue weighted by Crippen LogP contribution is -2.44. The molecule has 0 aliphatic carbocycles. The van der Waals surface area contributed by atoms with Crippen LogP contribution in [0.5, 0.6) is 5.75 Å². The molecule has 0 N–H and O–H groups in total. The Hall–Kier alpha value is -2.83. The molecule has 0 fully saturated rings. The number of amides is 1. The summed E-state index contributed by atoms with van der Waals surface area (Å²) in [4.78, 5) is 26.1. The van der Waals surface area contributed by atoms with Crippen LogP contribution in [0, 0.1) is 5.92 Å². The van der Waals surface area contributed by atoms with Crippen molar-refractivity contribution in [1.29, 1.82) is 0 Å². The van der Waals surface area contributed by atoms with E-state index in [2.05, 4.69) is 5.10 Å². The smallest absolute Gasteiger partial charge is 0.328 e. The number of hydrogen-bond acceptors (Lipinski definition) is 5. The summed E-state index contributed by atoms with van der Waals surface area (Å²) < 4.78 is 12.6. The lowest BCUT2D eigenvalue weighted by Gasteiger charge is -2.27. The minimum absolute atomic E-state index is 0.238. The van der Waals surface area contributed by atoms with Gasteiger partial charge in [-0.2, -0.15) is 5.10 Å².